The Morgan fingerprint density at radius 2 is 2.10 bits per heavy atom. The molecule has 1 heterocycles. The molecule has 1 aromatic rings. The fraction of sp³-hybridized carbons (Fsp3) is 0.733. The van der Waals surface area contributed by atoms with Crippen LogP contribution in [0.25, 0.3) is 0 Å². The molecular formula is C15H27N5O. The Labute approximate surface area is 126 Å². The van der Waals surface area contributed by atoms with Crippen molar-refractivity contribution in [2.75, 3.05) is 25.0 Å². The Kier molecular flexibility index (Phi) is 5.36. The Morgan fingerprint density at radius 1 is 1.43 bits per heavy atom. The summed E-state index contributed by atoms with van der Waals surface area (Å²) in [5, 5.41) is 7.19. The summed E-state index contributed by atoms with van der Waals surface area (Å²) in [6.45, 7) is 8.17. The Hall–Kier alpha value is -1.40. The summed E-state index contributed by atoms with van der Waals surface area (Å²) in [6, 6.07) is 0. The third kappa shape index (κ3) is 4.04. The number of aromatic nitrogens is 2. The molecule has 1 aromatic heterocycles. The molecule has 6 heteroatoms. The van der Waals surface area contributed by atoms with Crippen LogP contribution in [-0.2, 0) is 11.3 Å². The number of carbonyl (C=O) groups excluding carboxylic acids is 1. The monoisotopic (exact) mass is 293 g/mol. The SMILES string of the molecule is CCN(CC)CCn1cc(NC(=O)C2(N)CCCC2)cn1. The predicted octanol–water partition coefficient (Wildman–Crippen LogP) is 1.43. The van der Waals surface area contributed by atoms with Gasteiger partial charge in [-0.15, -0.1) is 0 Å². The first-order valence-electron chi connectivity index (χ1n) is 7.92. The van der Waals surface area contributed by atoms with E-state index in [4.69, 9.17) is 5.73 Å². The van der Waals surface area contributed by atoms with E-state index in [2.05, 4.69) is 29.2 Å². The van der Waals surface area contributed by atoms with Gasteiger partial charge in [0.25, 0.3) is 0 Å². The normalized spacial score (nSPS) is 17.3. The number of hydrogen-bond donors (Lipinski definition) is 2. The highest BCUT2D eigenvalue weighted by Crippen LogP contribution is 2.28. The third-order valence-electron chi connectivity index (χ3n) is 4.38. The summed E-state index contributed by atoms with van der Waals surface area (Å²) in [6.07, 6.45) is 7.18. The molecule has 0 radical (unpaired) electrons. The summed E-state index contributed by atoms with van der Waals surface area (Å²) in [7, 11) is 0. The average molecular weight is 293 g/mol. The maximum Gasteiger partial charge on any atom is 0.244 e. The Morgan fingerprint density at radius 3 is 2.71 bits per heavy atom. The van der Waals surface area contributed by atoms with Gasteiger partial charge in [0.1, 0.15) is 0 Å². The zero-order valence-corrected chi connectivity index (χ0v) is 13.1. The molecule has 0 aromatic carbocycles. The smallest absolute Gasteiger partial charge is 0.244 e. The summed E-state index contributed by atoms with van der Waals surface area (Å²) in [4.78, 5) is 14.6. The van der Waals surface area contributed by atoms with Crippen molar-refractivity contribution in [3.05, 3.63) is 12.4 Å². The topological polar surface area (TPSA) is 76.2 Å². The van der Waals surface area contributed by atoms with E-state index in [0.717, 1.165) is 57.5 Å². The van der Waals surface area contributed by atoms with Crippen molar-refractivity contribution in [1.82, 2.24) is 14.7 Å². The molecule has 1 fully saturated rings. The molecule has 0 spiro atoms. The largest absolute Gasteiger partial charge is 0.322 e. The molecule has 3 N–H and O–H groups in total. The number of anilines is 1. The van der Waals surface area contributed by atoms with Crippen LogP contribution in [0.2, 0.25) is 0 Å². The molecule has 0 saturated heterocycles. The van der Waals surface area contributed by atoms with Gasteiger partial charge in [0.2, 0.25) is 5.91 Å². The van der Waals surface area contributed by atoms with Crippen LogP contribution in [0.15, 0.2) is 12.4 Å². The van der Waals surface area contributed by atoms with Crippen molar-refractivity contribution in [3.63, 3.8) is 0 Å². The van der Waals surface area contributed by atoms with Crippen molar-refractivity contribution in [3.8, 4) is 0 Å². The second-order valence-electron chi connectivity index (χ2n) is 5.84. The van der Waals surface area contributed by atoms with Crippen LogP contribution in [-0.4, -0.2) is 45.8 Å². The van der Waals surface area contributed by atoms with E-state index >= 15 is 0 Å². The van der Waals surface area contributed by atoms with E-state index in [1.165, 1.54) is 0 Å². The van der Waals surface area contributed by atoms with Gasteiger partial charge in [-0.25, -0.2) is 0 Å². The molecule has 1 saturated carbocycles. The molecule has 1 amide bonds. The molecular weight excluding hydrogens is 266 g/mol. The first-order chi connectivity index (χ1) is 10.1. The van der Waals surface area contributed by atoms with Gasteiger partial charge in [0, 0.05) is 12.7 Å². The second-order valence-corrected chi connectivity index (χ2v) is 5.84. The lowest BCUT2D eigenvalue weighted by Gasteiger charge is -2.21. The van der Waals surface area contributed by atoms with Crippen molar-refractivity contribution in [2.45, 2.75) is 51.6 Å². The Bertz CT molecular complexity index is 460. The molecule has 6 nitrogen and oxygen atoms in total. The molecule has 0 atom stereocenters. The minimum absolute atomic E-state index is 0.0803. The molecule has 0 bridgehead atoms. The predicted molar refractivity (Wildman–Crippen MR) is 84.0 cm³/mol. The summed E-state index contributed by atoms with van der Waals surface area (Å²) >= 11 is 0. The standard InChI is InChI=1S/C15H27N5O/c1-3-19(4-2)9-10-20-12-13(11-17-20)18-14(21)15(16)7-5-6-8-15/h11-12H,3-10,16H2,1-2H3,(H,18,21). The zero-order chi connectivity index (χ0) is 15.3. The van der Waals surface area contributed by atoms with Gasteiger partial charge >= 0.3 is 0 Å². The highest BCUT2D eigenvalue weighted by molar-refractivity contribution is 5.97. The van der Waals surface area contributed by atoms with Crippen LogP contribution >= 0.6 is 0 Å². The van der Waals surface area contributed by atoms with Crippen LogP contribution < -0.4 is 11.1 Å². The van der Waals surface area contributed by atoms with Crippen LogP contribution in [0.5, 0.6) is 0 Å². The number of hydrogen-bond acceptors (Lipinski definition) is 4. The maximum atomic E-state index is 12.2. The quantitative estimate of drug-likeness (QED) is 0.797. The number of carbonyl (C=O) groups is 1. The third-order valence-corrected chi connectivity index (χ3v) is 4.38. The van der Waals surface area contributed by atoms with E-state index < -0.39 is 5.54 Å². The van der Waals surface area contributed by atoms with Crippen molar-refractivity contribution < 1.29 is 4.79 Å². The lowest BCUT2D eigenvalue weighted by Crippen LogP contribution is -2.48. The molecule has 118 valence electrons. The van der Waals surface area contributed by atoms with Crippen LogP contribution in [0, 0.1) is 0 Å². The van der Waals surface area contributed by atoms with E-state index in [1.54, 1.807) is 6.20 Å². The maximum absolute atomic E-state index is 12.2. The van der Waals surface area contributed by atoms with Gasteiger partial charge in [0.15, 0.2) is 0 Å². The van der Waals surface area contributed by atoms with Gasteiger partial charge in [-0.05, 0) is 25.9 Å². The molecule has 2 rings (SSSR count). The van der Waals surface area contributed by atoms with Crippen LogP contribution in [0.4, 0.5) is 5.69 Å². The highest BCUT2D eigenvalue weighted by atomic mass is 16.2. The minimum Gasteiger partial charge on any atom is -0.322 e. The fourth-order valence-electron chi connectivity index (χ4n) is 2.82. The fourth-order valence-corrected chi connectivity index (χ4v) is 2.82. The summed E-state index contributed by atoms with van der Waals surface area (Å²) < 4.78 is 1.87. The number of nitrogens with one attached hydrogen (secondary N) is 1. The van der Waals surface area contributed by atoms with Gasteiger partial charge in [-0.1, -0.05) is 26.7 Å². The average Bonchev–Trinajstić information content (AvgIpc) is 3.10. The lowest BCUT2D eigenvalue weighted by atomic mass is 9.98. The van der Waals surface area contributed by atoms with E-state index in [-0.39, 0.29) is 5.91 Å². The van der Waals surface area contributed by atoms with E-state index in [9.17, 15) is 4.79 Å². The van der Waals surface area contributed by atoms with Crippen LogP contribution in [0.1, 0.15) is 39.5 Å². The minimum atomic E-state index is -0.691. The first-order valence-corrected chi connectivity index (χ1v) is 7.92. The zero-order valence-electron chi connectivity index (χ0n) is 13.1. The molecule has 0 unspecified atom stereocenters. The van der Waals surface area contributed by atoms with Crippen molar-refractivity contribution >= 4 is 11.6 Å². The number of nitrogens with two attached hydrogens (primary N) is 1. The summed E-state index contributed by atoms with van der Waals surface area (Å²) in [5.74, 6) is -0.0803. The van der Waals surface area contributed by atoms with E-state index in [1.807, 2.05) is 10.9 Å². The van der Waals surface area contributed by atoms with Gasteiger partial charge < -0.3 is 16.0 Å². The van der Waals surface area contributed by atoms with Gasteiger partial charge in [-0.2, -0.15) is 5.10 Å². The molecule has 1 aliphatic rings. The number of rotatable bonds is 7. The van der Waals surface area contributed by atoms with E-state index in [0.29, 0.717) is 0 Å². The summed E-state index contributed by atoms with van der Waals surface area (Å²) in [5.41, 5.74) is 6.19. The van der Waals surface area contributed by atoms with Crippen molar-refractivity contribution in [1.29, 1.82) is 0 Å². The molecule has 1 aliphatic carbocycles. The number of likely N-dealkylation sites (N-methyl/N-ethyl adjacent to an activating group) is 1. The highest BCUT2D eigenvalue weighted by Gasteiger charge is 2.37. The van der Waals surface area contributed by atoms with Crippen LogP contribution in [0.3, 0.4) is 0 Å². The Balaban J connectivity index is 1.86. The van der Waals surface area contributed by atoms with Gasteiger partial charge in [-0.3, -0.25) is 9.48 Å². The number of amides is 1. The number of nitrogens with zero attached hydrogens (tertiary/aromatic N) is 3. The molecule has 0 aliphatic heterocycles. The van der Waals surface area contributed by atoms with Crippen molar-refractivity contribution in [2.24, 2.45) is 5.73 Å². The molecule has 21 heavy (non-hydrogen) atoms. The van der Waals surface area contributed by atoms with Gasteiger partial charge in [0.05, 0.1) is 24.0 Å². The second kappa shape index (κ2) is 7.04. The lowest BCUT2D eigenvalue weighted by molar-refractivity contribution is -0.121. The first kappa shape index (κ1) is 16.0.